The summed E-state index contributed by atoms with van der Waals surface area (Å²) in [6, 6.07) is 12.2. The number of nitrogens with zero attached hydrogens (tertiary/aromatic N) is 1. The number of ether oxygens (including phenoxy) is 1. The summed E-state index contributed by atoms with van der Waals surface area (Å²) in [6.07, 6.45) is 0. The van der Waals surface area contributed by atoms with Crippen molar-refractivity contribution in [2.45, 2.75) is 6.92 Å². The first-order valence-corrected chi connectivity index (χ1v) is 8.45. The van der Waals surface area contributed by atoms with Crippen LogP contribution in [0.2, 0.25) is 10.0 Å². The SMILES string of the molecule is Cc1nc(-c2ccc(Oc3ccc(Cl)cc3Cl)cc2)sc1C(=O)O. The van der Waals surface area contributed by atoms with Crippen LogP contribution in [0.3, 0.4) is 0 Å². The van der Waals surface area contributed by atoms with E-state index in [1.807, 2.05) is 12.1 Å². The number of halogens is 2. The highest BCUT2D eigenvalue weighted by molar-refractivity contribution is 7.17. The molecule has 1 N–H and O–H groups in total. The summed E-state index contributed by atoms with van der Waals surface area (Å²) >= 11 is 13.1. The zero-order chi connectivity index (χ0) is 17.3. The maximum atomic E-state index is 11.1. The molecule has 3 rings (SSSR count). The summed E-state index contributed by atoms with van der Waals surface area (Å²) in [5.41, 5.74) is 1.33. The second-order valence-corrected chi connectivity index (χ2v) is 6.78. The average molecular weight is 380 g/mol. The van der Waals surface area contributed by atoms with Gasteiger partial charge in [0.2, 0.25) is 0 Å². The van der Waals surface area contributed by atoms with Crippen LogP contribution in [0.15, 0.2) is 42.5 Å². The van der Waals surface area contributed by atoms with Crippen molar-refractivity contribution in [3.8, 4) is 22.1 Å². The van der Waals surface area contributed by atoms with Crippen molar-refractivity contribution in [3.63, 3.8) is 0 Å². The second kappa shape index (κ2) is 6.81. The molecular weight excluding hydrogens is 369 g/mol. The maximum Gasteiger partial charge on any atom is 0.347 e. The molecule has 0 aliphatic heterocycles. The third-order valence-corrected chi connectivity index (χ3v) is 4.94. The van der Waals surface area contributed by atoms with E-state index in [1.165, 1.54) is 0 Å². The molecule has 1 aromatic heterocycles. The standard InChI is InChI=1S/C17H11Cl2NO3S/c1-9-15(17(21)22)24-16(20-9)10-2-5-12(6-3-10)23-14-7-4-11(18)8-13(14)19/h2-8H,1H3,(H,21,22). The lowest BCUT2D eigenvalue weighted by atomic mass is 10.2. The molecule has 0 spiro atoms. The van der Waals surface area contributed by atoms with Crippen LogP contribution in [0, 0.1) is 6.92 Å². The molecule has 0 saturated heterocycles. The van der Waals surface area contributed by atoms with Gasteiger partial charge in [-0.3, -0.25) is 0 Å². The van der Waals surface area contributed by atoms with Gasteiger partial charge in [0.1, 0.15) is 21.4 Å². The van der Waals surface area contributed by atoms with Gasteiger partial charge in [-0.05, 0) is 49.4 Å². The zero-order valence-corrected chi connectivity index (χ0v) is 14.7. The Balaban J connectivity index is 1.83. The number of benzene rings is 2. The third-order valence-electron chi connectivity index (χ3n) is 3.21. The van der Waals surface area contributed by atoms with Crippen LogP contribution < -0.4 is 4.74 Å². The van der Waals surface area contributed by atoms with Gasteiger partial charge in [0, 0.05) is 10.6 Å². The molecule has 24 heavy (non-hydrogen) atoms. The largest absolute Gasteiger partial charge is 0.477 e. The first kappa shape index (κ1) is 16.8. The van der Waals surface area contributed by atoms with E-state index >= 15 is 0 Å². The Hall–Kier alpha value is -2.08. The average Bonchev–Trinajstić information content (AvgIpc) is 2.93. The molecule has 0 aliphatic rings. The number of carboxylic acids is 1. The topological polar surface area (TPSA) is 59.4 Å². The van der Waals surface area contributed by atoms with Crippen LogP contribution in [0.5, 0.6) is 11.5 Å². The monoisotopic (exact) mass is 379 g/mol. The Morgan fingerprint density at radius 2 is 1.88 bits per heavy atom. The summed E-state index contributed by atoms with van der Waals surface area (Å²) in [6.45, 7) is 1.68. The van der Waals surface area contributed by atoms with Gasteiger partial charge in [-0.15, -0.1) is 11.3 Å². The Bertz CT molecular complexity index is 907. The molecule has 0 atom stereocenters. The number of aromatic carboxylic acids is 1. The number of aryl methyl sites for hydroxylation is 1. The zero-order valence-electron chi connectivity index (χ0n) is 12.4. The minimum atomic E-state index is -0.964. The lowest BCUT2D eigenvalue weighted by molar-refractivity contribution is 0.0701. The van der Waals surface area contributed by atoms with Crippen molar-refractivity contribution >= 4 is 40.5 Å². The molecule has 0 aliphatic carbocycles. The van der Waals surface area contributed by atoms with Crippen LogP contribution >= 0.6 is 34.5 Å². The maximum absolute atomic E-state index is 11.1. The fourth-order valence-corrected chi connectivity index (χ4v) is 3.43. The number of rotatable bonds is 4. The van der Waals surface area contributed by atoms with Crippen molar-refractivity contribution in [1.29, 1.82) is 0 Å². The Morgan fingerprint density at radius 3 is 2.46 bits per heavy atom. The van der Waals surface area contributed by atoms with Crippen LogP contribution in [-0.2, 0) is 0 Å². The van der Waals surface area contributed by atoms with Crippen molar-refractivity contribution in [2.24, 2.45) is 0 Å². The molecule has 0 saturated carbocycles. The van der Waals surface area contributed by atoms with Crippen molar-refractivity contribution < 1.29 is 14.6 Å². The van der Waals surface area contributed by atoms with Gasteiger partial charge in [-0.2, -0.15) is 0 Å². The second-order valence-electron chi connectivity index (χ2n) is 4.94. The Kier molecular flexibility index (Phi) is 4.76. The number of thiazole rings is 1. The minimum Gasteiger partial charge on any atom is -0.477 e. The Labute approximate surface area is 152 Å². The first-order valence-electron chi connectivity index (χ1n) is 6.88. The minimum absolute atomic E-state index is 0.248. The van der Waals surface area contributed by atoms with E-state index in [9.17, 15) is 4.79 Å². The van der Waals surface area contributed by atoms with Crippen molar-refractivity contribution in [2.75, 3.05) is 0 Å². The molecule has 2 aromatic carbocycles. The van der Waals surface area contributed by atoms with Gasteiger partial charge in [-0.25, -0.2) is 9.78 Å². The fraction of sp³-hybridized carbons (Fsp3) is 0.0588. The molecule has 4 nitrogen and oxygen atoms in total. The lowest BCUT2D eigenvalue weighted by Gasteiger charge is -2.08. The van der Waals surface area contributed by atoms with Crippen molar-refractivity contribution in [1.82, 2.24) is 4.98 Å². The van der Waals surface area contributed by atoms with E-state index in [4.69, 9.17) is 33.0 Å². The van der Waals surface area contributed by atoms with E-state index in [0.717, 1.165) is 16.9 Å². The summed E-state index contributed by atoms with van der Waals surface area (Å²) in [5, 5.41) is 10.7. The highest BCUT2D eigenvalue weighted by Crippen LogP contribution is 2.33. The van der Waals surface area contributed by atoms with Crippen LogP contribution in [0.4, 0.5) is 0 Å². The molecule has 1 heterocycles. The van der Waals surface area contributed by atoms with E-state index in [1.54, 1.807) is 37.3 Å². The predicted octanol–water partition coefficient (Wildman–Crippen LogP) is 5.92. The van der Waals surface area contributed by atoms with Gasteiger partial charge in [-0.1, -0.05) is 23.2 Å². The number of hydrogen-bond donors (Lipinski definition) is 1. The van der Waals surface area contributed by atoms with Gasteiger partial charge in [0.05, 0.1) is 10.7 Å². The molecule has 0 amide bonds. The number of carboxylic acid groups (broad SMARTS) is 1. The smallest absolute Gasteiger partial charge is 0.347 e. The predicted molar refractivity (Wildman–Crippen MR) is 95.8 cm³/mol. The third kappa shape index (κ3) is 3.53. The number of carbonyl (C=O) groups is 1. The van der Waals surface area contributed by atoms with Crippen LogP contribution in [0.1, 0.15) is 15.4 Å². The lowest BCUT2D eigenvalue weighted by Crippen LogP contribution is -1.94. The van der Waals surface area contributed by atoms with Gasteiger partial charge >= 0.3 is 5.97 Å². The molecule has 0 unspecified atom stereocenters. The normalized spacial score (nSPS) is 10.6. The Morgan fingerprint density at radius 1 is 1.17 bits per heavy atom. The molecule has 0 radical (unpaired) electrons. The fourth-order valence-electron chi connectivity index (χ4n) is 2.07. The summed E-state index contributed by atoms with van der Waals surface area (Å²) in [4.78, 5) is 15.7. The number of hydrogen-bond acceptors (Lipinski definition) is 4. The van der Waals surface area contributed by atoms with Crippen molar-refractivity contribution in [3.05, 3.63) is 63.1 Å². The van der Waals surface area contributed by atoms with E-state index in [-0.39, 0.29) is 4.88 Å². The van der Waals surface area contributed by atoms with Crippen LogP contribution in [-0.4, -0.2) is 16.1 Å². The van der Waals surface area contributed by atoms with E-state index < -0.39 is 5.97 Å². The molecule has 0 fully saturated rings. The van der Waals surface area contributed by atoms with Gasteiger partial charge in [0.15, 0.2) is 0 Å². The molecule has 3 aromatic rings. The summed E-state index contributed by atoms with van der Waals surface area (Å²) in [5.74, 6) is 0.148. The van der Waals surface area contributed by atoms with Crippen LogP contribution in [0.25, 0.3) is 10.6 Å². The summed E-state index contributed by atoms with van der Waals surface area (Å²) < 4.78 is 5.72. The molecular formula is C17H11Cl2NO3S. The first-order chi connectivity index (χ1) is 11.4. The molecule has 7 heteroatoms. The molecule has 122 valence electrons. The van der Waals surface area contributed by atoms with Gasteiger partial charge < -0.3 is 9.84 Å². The number of aromatic nitrogens is 1. The quantitative estimate of drug-likeness (QED) is 0.611. The van der Waals surface area contributed by atoms with Gasteiger partial charge in [0.25, 0.3) is 0 Å². The van der Waals surface area contributed by atoms with E-state index in [2.05, 4.69) is 4.98 Å². The highest BCUT2D eigenvalue weighted by Gasteiger charge is 2.15. The molecule has 0 bridgehead atoms. The summed E-state index contributed by atoms with van der Waals surface area (Å²) in [7, 11) is 0. The highest BCUT2D eigenvalue weighted by atomic mass is 35.5. The van der Waals surface area contributed by atoms with E-state index in [0.29, 0.717) is 32.2 Å².